The Morgan fingerprint density at radius 2 is 2.16 bits per heavy atom. The van der Waals surface area contributed by atoms with Gasteiger partial charge in [-0.1, -0.05) is 12.1 Å². The number of hydrogen-bond donors (Lipinski definition) is 1. The van der Waals surface area contributed by atoms with Crippen molar-refractivity contribution in [3.8, 4) is 5.75 Å². The van der Waals surface area contributed by atoms with Crippen LogP contribution in [0.1, 0.15) is 38.2 Å². The van der Waals surface area contributed by atoms with E-state index in [0.29, 0.717) is 6.10 Å². The molecule has 0 saturated carbocycles. The van der Waals surface area contributed by atoms with Gasteiger partial charge in [-0.2, -0.15) is 0 Å². The van der Waals surface area contributed by atoms with Crippen LogP contribution < -0.4 is 10.5 Å². The molecule has 2 N–H and O–H groups in total. The average Bonchev–Trinajstić information content (AvgIpc) is 2.91. The van der Waals surface area contributed by atoms with E-state index in [2.05, 4.69) is 12.1 Å². The minimum absolute atomic E-state index is 0.266. The Balaban J connectivity index is 1.69. The molecule has 106 valence electrons. The highest BCUT2D eigenvalue weighted by molar-refractivity contribution is 5.27. The Bertz CT molecular complexity index is 356. The molecule has 0 amide bonds. The van der Waals surface area contributed by atoms with Crippen molar-refractivity contribution >= 4 is 0 Å². The van der Waals surface area contributed by atoms with Crippen LogP contribution in [0.2, 0.25) is 0 Å². The van der Waals surface area contributed by atoms with Crippen molar-refractivity contribution in [2.24, 2.45) is 5.73 Å². The maximum Gasteiger partial charge on any atom is 0.119 e. The zero-order valence-electron chi connectivity index (χ0n) is 11.8. The molecule has 1 fully saturated rings. The normalized spacial score (nSPS) is 20.4. The number of ether oxygens (including phenoxy) is 2. The molecule has 1 aliphatic heterocycles. The molecule has 0 spiro atoms. The summed E-state index contributed by atoms with van der Waals surface area (Å²) in [6.45, 7) is 3.70. The molecule has 0 bridgehead atoms. The summed E-state index contributed by atoms with van der Waals surface area (Å²) in [5.41, 5.74) is 7.08. The Hall–Kier alpha value is -1.06. The Morgan fingerprint density at radius 3 is 2.79 bits per heavy atom. The molecule has 1 aromatic carbocycles. The highest BCUT2D eigenvalue weighted by Crippen LogP contribution is 2.17. The summed E-state index contributed by atoms with van der Waals surface area (Å²) < 4.78 is 11.3. The Morgan fingerprint density at radius 1 is 1.37 bits per heavy atom. The van der Waals surface area contributed by atoms with E-state index in [1.165, 1.54) is 18.4 Å². The minimum Gasteiger partial charge on any atom is -0.493 e. The predicted octanol–water partition coefficient (Wildman–Crippen LogP) is 2.91. The molecule has 19 heavy (non-hydrogen) atoms. The zero-order chi connectivity index (χ0) is 13.5. The summed E-state index contributed by atoms with van der Waals surface area (Å²) >= 11 is 0. The summed E-state index contributed by atoms with van der Waals surface area (Å²) in [5.74, 6) is 0.947. The van der Waals surface area contributed by atoms with Crippen LogP contribution in [0, 0.1) is 0 Å². The van der Waals surface area contributed by atoms with Crippen LogP contribution in [0.3, 0.4) is 0 Å². The van der Waals surface area contributed by atoms with Crippen molar-refractivity contribution in [3.63, 3.8) is 0 Å². The third kappa shape index (κ3) is 5.21. The highest BCUT2D eigenvalue weighted by atomic mass is 16.5. The topological polar surface area (TPSA) is 44.5 Å². The van der Waals surface area contributed by atoms with Gasteiger partial charge in [0.2, 0.25) is 0 Å². The standard InChI is InChI=1S/C16H25NO2/c1-13(17)4-5-14-6-8-16(9-7-14)19-12-10-15-3-2-11-18-15/h6-9,13,15H,2-5,10-12,17H2,1H3. The molecule has 2 atom stereocenters. The minimum atomic E-state index is 0.266. The fourth-order valence-electron chi connectivity index (χ4n) is 2.33. The van der Waals surface area contributed by atoms with Crippen molar-refractivity contribution in [1.82, 2.24) is 0 Å². The van der Waals surface area contributed by atoms with Crippen LogP contribution in [0.15, 0.2) is 24.3 Å². The third-order valence-corrected chi connectivity index (χ3v) is 3.54. The number of aryl methyl sites for hydroxylation is 1. The van der Waals surface area contributed by atoms with Gasteiger partial charge in [-0.25, -0.2) is 0 Å². The predicted molar refractivity (Wildman–Crippen MR) is 77.5 cm³/mol. The molecule has 1 saturated heterocycles. The lowest BCUT2D eigenvalue weighted by molar-refractivity contribution is 0.0903. The summed E-state index contributed by atoms with van der Waals surface area (Å²) in [6.07, 6.45) is 5.84. The lowest BCUT2D eigenvalue weighted by atomic mass is 10.1. The second-order valence-electron chi connectivity index (χ2n) is 5.43. The monoisotopic (exact) mass is 263 g/mol. The lowest BCUT2D eigenvalue weighted by Gasteiger charge is -2.11. The van der Waals surface area contributed by atoms with Gasteiger partial charge in [-0.3, -0.25) is 0 Å². The first kappa shape index (κ1) is 14.4. The van der Waals surface area contributed by atoms with Crippen molar-refractivity contribution in [2.45, 2.75) is 51.2 Å². The van der Waals surface area contributed by atoms with Crippen LogP contribution in [-0.4, -0.2) is 25.4 Å². The molecule has 0 aromatic heterocycles. The largest absolute Gasteiger partial charge is 0.493 e. The van der Waals surface area contributed by atoms with Gasteiger partial charge in [0.15, 0.2) is 0 Å². The van der Waals surface area contributed by atoms with E-state index in [4.69, 9.17) is 15.2 Å². The van der Waals surface area contributed by atoms with E-state index >= 15 is 0 Å². The van der Waals surface area contributed by atoms with E-state index in [1.807, 2.05) is 19.1 Å². The third-order valence-electron chi connectivity index (χ3n) is 3.54. The fourth-order valence-corrected chi connectivity index (χ4v) is 2.33. The molecule has 1 aromatic rings. The Kier molecular flexibility index (Phi) is 5.67. The number of rotatable bonds is 7. The van der Waals surface area contributed by atoms with Gasteiger partial charge in [0.25, 0.3) is 0 Å². The summed E-state index contributed by atoms with van der Waals surface area (Å²) in [6, 6.07) is 8.62. The van der Waals surface area contributed by atoms with Crippen molar-refractivity contribution in [1.29, 1.82) is 0 Å². The molecule has 1 aliphatic rings. The smallest absolute Gasteiger partial charge is 0.119 e. The van der Waals surface area contributed by atoms with Gasteiger partial charge >= 0.3 is 0 Å². The number of hydrogen-bond acceptors (Lipinski definition) is 3. The molecule has 0 radical (unpaired) electrons. The van der Waals surface area contributed by atoms with Gasteiger partial charge in [-0.05, 0) is 50.3 Å². The maximum absolute atomic E-state index is 5.76. The SMILES string of the molecule is CC(N)CCc1ccc(OCCC2CCCO2)cc1. The van der Waals surface area contributed by atoms with E-state index in [-0.39, 0.29) is 6.04 Å². The van der Waals surface area contributed by atoms with Gasteiger partial charge in [0.05, 0.1) is 12.7 Å². The van der Waals surface area contributed by atoms with Gasteiger partial charge in [-0.15, -0.1) is 0 Å². The van der Waals surface area contributed by atoms with E-state index in [1.54, 1.807) is 0 Å². The molecule has 3 heteroatoms. The van der Waals surface area contributed by atoms with Gasteiger partial charge in [0, 0.05) is 19.1 Å². The Labute approximate surface area is 116 Å². The summed E-state index contributed by atoms with van der Waals surface area (Å²) in [5, 5.41) is 0. The van der Waals surface area contributed by atoms with E-state index in [9.17, 15) is 0 Å². The summed E-state index contributed by atoms with van der Waals surface area (Å²) in [4.78, 5) is 0. The second kappa shape index (κ2) is 7.51. The second-order valence-corrected chi connectivity index (χ2v) is 5.43. The van der Waals surface area contributed by atoms with Crippen molar-refractivity contribution in [2.75, 3.05) is 13.2 Å². The molecule has 0 aliphatic carbocycles. The lowest BCUT2D eigenvalue weighted by Crippen LogP contribution is -2.15. The first-order valence-corrected chi connectivity index (χ1v) is 7.33. The first-order chi connectivity index (χ1) is 9.24. The molecule has 1 heterocycles. The number of benzene rings is 1. The van der Waals surface area contributed by atoms with Crippen molar-refractivity contribution < 1.29 is 9.47 Å². The number of nitrogens with two attached hydrogens (primary N) is 1. The van der Waals surface area contributed by atoms with Gasteiger partial charge < -0.3 is 15.2 Å². The van der Waals surface area contributed by atoms with Crippen LogP contribution in [0.5, 0.6) is 5.75 Å². The molecular weight excluding hydrogens is 238 g/mol. The highest BCUT2D eigenvalue weighted by Gasteiger charge is 2.14. The van der Waals surface area contributed by atoms with Gasteiger partial charge in [0.1, 0.15) is 5.75 Å². The summed E-state index contributed by atoms with van der Waals surface area (Å²) in [7, 11) is 0. The molecular formula is C16H25NO2. The van der Waals surface area contributed by atoms with Crippen LogP contribution >= 0.6 is 0 Å². The van der Waals surface area contributed by atoms with E-state index in [0.717, 1.165) is 38.2 Å². The van der Waals surface area contributed by atoms with E-state index < -0.39 is 0 Å². The molecule has 2 rings (SSSR count). The quantitative estimate of drug-likeness (QED) is 0.822. The average molecular weight is 263 g/mol. The molecule has 3 nitrogen and oxygen atoms in total. The van der Waals surface area contributed by atoms with Crippen LogP contribution in [0.4, 0.5) is 0 Å². The first-order valence-electron chi connectivity index (χ1n) is 7.33. The fraction of sp³-hybridized carbons (Fsp3) is 0.625. The maximum atomic E-state index is 5.76. The van der Waals surface area contributed by atoms with Crippen LogP contribution in [0.25, 0.3) is 0 Å². The van der Waals surface area contributed by atoms with Crippen LogP contribution in [-0.2, 0) is 11.2 Å². The van der Waals surface area contributed by atoms with Crippen molar-refractivity contribution in [3.05, 3.63) is 29.8 Å². The zero-order valence-corrected chi connectivity index (χ0v) is 11.8. The molecule has 2 unspecified atom stereocenters.